The van der Waals surface area contributed by atoms with Crippen LogP contribution in [0, 0.1) is 7.40 Å². The lowest BCUT2D eigenvalue weighted by atomic mass is 10.3. The van der Waals surface area contributed by atoms with Gasteiger partial charge in [0.25, 0.3) is 0 Å². The van der Waals surface area contributed by atoms with Gasteiger partial charge in [-0.15, -0.1) is 0 Å². The predicted molar refractivity (Wildman–Crippen MR) is 74.9 cm³/mol. The van der Waals surface area contributed by atoms with Gasteiger partial charge >= 0.3 is 0 Å². The fraction of sp³-hybridized carbons (Fsp3) is 0.667. The van der Waals surface area contributed by atoms with E-state index in [0.717, 1.165) is 29.9 Å². The summed E-state index contributed by atoms with van der Waals surface area (Å²) in [4.78, 5) is 6.58. The summed E-state index contributed by atoms with van der Waals surface area (Å²) in [7, 11) is 2.14. The maximum Gasteiger partial charge on any atom is 0.132 e. The fourth-order valence-corrected chi connectivity index (χ4v) is 2.56. The van der Waals surface area contributed by atoms with Crippen molar-refractivity contribution >= 4 is 45.2 Å². The molecular formula is C9H13I2N3O. The summed E-state index contributed by atoms with van der Waals surface area (Å²) in [6, 6.07) is 0. The van der Waals surface area contributed by atoms with E-state index in [1.807, 2.05) is 6.33 Å². The molecule has 1 saturated heterocycles. The van der Waals surface area contributed by atoms with Crippen LogP contribution in [0.5, 0.6) is 0 Å². The minimum Gasteiger partial charge on any atom is -0.374 e. The number of hydrogen-bond donors (Lipinski definition) is 0. The van der Waals surface area contributed by atoms with Crippen molar-refractivity contribution in [2.45, 2.75) is 12.6 Å². The molecule has 0 aromatic carbocycles. The number of imidazole rings is 1. The third kappa shape index (κ3) is 3.04. The van der Waals surface area contributed by atoms with Crippen LogP contribution in [0.2, 0.25) is 0 Å². The number of rotatable bonds is 2. The van der Waals surface area contributed by atoms with Crippen LogP contribution in [0.4, 0.5) is 0 Å². The van der Waals surface area contributed by atoms with E-state index in [9.17, 15) is 0 Å². The topological polar surface area (TPSA) is 30.3 Å². The largest absolute Gasteiger partial charge is 0.374 e. The number of likely N-dealkylation sites (N-methyl/N-ethyl adjacent to an activating group) is 1. The Bertz CT molecular complexity index is 342. The van der Waals surface area contributed by atoms with Crippen LogP contribution in [-0.4, -0.2) is 47.3 Å². The van der Waals surface area contributed by atoms with Crippen LogP contribution in [0.25, 0.3) is 0 Å². The Morgan fingerprint density at radius 2 is 2.40 bits per heavy atom. The molecule has 0 spiro atoms. The molecule has 2 rings (SSSR count). The van der Waals surface area contributed by atoms with E-state index in [1.165, 1.54) is 3.70 Å². The number of hydrogen-bond acceptors (Lipinski definition) is 3. The molecule has 1 aliphatic heterocycles. The van der Waals surface area contributed by atoms with Gasteiger partial charge in [-0.05, 0) is 52.2 Å². The molecule has 0 saturated carbocycles. The highest BCUT2D eigenvalue weighted by molar-refractivity contribution is 14.1. The van der Waals surface area contributed by atoms with Gasteiger partial charge in [-0.1, -0.05) is 0 Å². The number of halogens is 2. The second kappa shape index (κ2) is 5.28. The van der Waals surface area contributed by atoms with Crippen LogP contribution >= 0.6 is 45.2 Å². The zero-order valence-corrected chi connectivity index (χ0v) is 12.8. The summed E-state index contributed by atoms with van der Waals surface area (Å²) in [6.07, 6.45) is 2.18. The SMILES string of the molecule is CN1CCOC(Cn2cnc(I)c2I)C1. The zero-order valence-electron chi connectivity index (χ0n) is 8.49. The Balaban J connectivity index is 1.99. The van der Waals surface area contributed by atoms with E-state index in [4.69, 9.17) is 4.74 Å². The van der Waals surface area contributed by atoms with Gasteiger partial charge in [-0.2, -0.15) is 0 Å². The summed E-state index contributed by atoms with van der Waals surface area (Å²) in [5.41, 5.74) is 0. The number of nitrogens with zero attached hydrogens (tertiary/aromatic N) is 3. The van der Waals surface area contributed by atoms with Crippen LogP contribution in [-0.2, 0) is 11.3 Å². The fourth-order valence-electron chi connectivity index (χ4n) is 1.67. The molecule has 6 heteroatoms. The van der Waals surface area contributed by atoms with Gasteiger partial charge in [0.05, 0.1) is 25.6 Å². The Morgan fingerprint density at radius 3 is 3.00 bits per heavy atom. The van der Waals surface area contributed by atoms with Gasteiger partial charge in [-0.25, -0.2) is 4.98 Å². The Hall–Kier alpha value is 0.590. The standard InChI is InChI=1S/C9H13I2N3O/c1-13-2-3-15-7(4-13)5-14-6-12-8(10)9(14)11/h6-7H,2-5H2,1H3. The highest BCUT2D eigenvalue weighted by Gasteiger charge is 2.19. The van der Waals surface area contributed by atoms with E-state index in [1.54, 1.807) is 0 Å². The van der Waals surface area contributed by atoms with Crippen molar-refractivity contribution in [2.24, 2.45) is 0 Å². The van der Waals surface area contributed by atoms with E-state index < -0.39 is 0 Å². The highest BCUT2D eigenvalue weighted by Crippen LogP contribution is 2.15. The summed E-state index contributed by atoms with van der Waals surface area (Å²) < 4.78 is 10.1. The molecule has 2 heterocycles. The first-order chi connectivity index (χ1) is 7.16. The molecule has 0 bridgehead atoms. The quantitative estimate of drug-likeness (QED) is 0.662. The zero-order chi connectivity index (χ0) is 10.8. The van der Waals surface area contributed by atoms with Crippen molar-refractivity contribution in [3.05, 3.63) is 13.7 Å². The van der Waals surface area contributed by atoms with Gasteiger partial charge in [0.15, 0.2) is 0 Å². The van der Waals surface area contributed by atoms with Crippen molar-refractivity contribution in [1.29, 1.82) is 0 Å². The van der Waals surface area contributed by atoms with Crippen molar-refractivity contribution in [3.63, 3.8) is 0 Å². The van der Waals surface area contributed by atoms with Crippen molar-refractivity contribution < 1.29 is 4.74 Å². The molecule has 0 aliphatic carbocycles. The summed E-state index contributed by atoms with van der Waals surface area (Å²) in [6.45, 7) is 3.78. The first kappa shape index (κ1) is 12.1. The molecule has 4 nitrogen and oxygen atoms in total. The van der Waals surface area contributed by atoms with Crippen molar-refractivity contribution in [1.82, 2.24) is 14.5 Å². The number of morpholine rings is 1. The molecule has 1 aliphatic rings. The lowest BCUT2D eigenvalue weighted by Crippen LogP contribution is -2.42. The van der Waals surface area contributed by atoms with Crippen LogP contribution in [0.1, 0.15) is 0 Å². The van der Waals surface area contributed by atoms with E-state index in [-0.39, 0.29) is 0 Å². The van der Waals surface area contributed by atoms with Gasteiger partial charge in [0, 0.05) is 13.1 Å². The normalized spacial score (nSPS) is 23.3. The third-order valence-electron chi connectivity index (χ3n) is 2.48. The van der Waals surface area contributed by atoms with E-state index >= 15 is 0 Å². The van der Waals surface area contributed by atoms with Gasteiger partial charge in [0.1, 0.15) is 7.40 Å². The van der Waals surface area contributed by atoms with E-state index in [0.29, 0.717) is 6.10 Å². The molecule has 84 valence electrons. The second-order valence-electron chi connectivity index (χ2n) is 3.73. The molecule has 1 unspecified atom stereocenters. The average Bonchev–Trinajstić information content (AvgIpc) is 2.50. The molecule has 0 amide bonds. The summed E-state index contributed by atoms with van der Waals surface area (Å²) in [5.74, 6) is 0. The molecule has 1 atom stereocenters. The maximum atomic E-state index is 5.72. The molecular weight excluding hydrogens is 420 g/mol. The molecule has 1 aromatic heterocycles. The highest BCUT2D eigenvalue weighted by atomic mass is 127. The molecule has 0 N–H and O–H groups in total. The average molecular weight is 433 g/mol. The Kier molecular flexibility index (Phi) is 4.24. The minimum atomic E-state index is 0.294. The number of aromatic nitrogens is 2. The minimum absolute atomic E-state index is 0.294. The number of ether oxygens (including phenoxy) is 1. The van der Waals surface area contributed by atoms with Crippen LogP contribution in [0.3, 0.4) is 0 Å². The Morgan fingerprint density at radius 1 is 1.60 bits per heavy atom. The predicted octanol–water partition coefficient (Wildman–Crippen LogP) is 1.42. The lowest BCUT2D eigenvalue weighted by molar-refractivity contribution is -0.0277. The van der Waals surface area contributed by atoms with Gasteiger partial charge in [-0.3, -0.25) is 0 Å². The van der Waals surface area contributed by atoms with E-state index in [2.05, 4.69) is 66.7 Å². The molecule has 15 heavy (non-hydrogen) atoms. The molecule has 1 aromatic rings. The van der Waals surface area contributed by atoms with Crippen molar-refractivity contribution in [3.8, 4) is 0 Å². The third-order valence-corrected chi connectivity index (χ3v) is 5.43. The monoisotopic (exact) mass is 433 g/mol. The van der Waals surface area contributed by atoms with Gasteiger partial charge < -0.3 is 14.2 Å². The second-order valence-corrected chi connectivity index (χ2v) is 5.78. The summed E-state index contributed by atoms with van der Waals surface area (Å²) in [5, 5.41) is 0. The lowest BCUT2D eigenvalue weighted by Gasteiger charge is -2.30. The van der Waals surface area contributed by atoms with Crippen LogP contribution in [0.15, 0.2) is 6.33 Å². The van der Waals surface area contributed by atoms with Gasteiger partial charge in [0.2, 0.25) is 0 Å². The Labute approximate surface area is 117 Å². The maximum absolute atomic E-state index is 5.72. The smallest absolute Gasteiger partial charge is 0.132 e. The van der Waals surface area contributed by atoms with Crippen LogP contribution < -0.4 is 0 Å². The summed E-state index contributed by atoms with van der Waals surface area (Å²) >= 11 is 4.58. The first-order valence-electron chi connectivity index (χ1n) is 4.83. The molecule has 1 fully saturated rings. The first-order valence-corrected chi connectivity index (χ1v) is 6.99. The van der Waals surface area contributed by atoms with Crippen molar-refractivity contribution in [2.75, 3.05) is 26.7 Å². The molecule has 0 radical (unpaired) electrons.